The van der Waals surface area contributed by atoms with Crippen molar-refractivity contribution >= 4 is 46.8 Å². The van der Waals surface area contributed by atoms with Crippen LogP contribution in [0.3, 0.4) is 0 Å². The maximum Gasteiger partial charge on any atom is 0.324 e. The van der Waals surface area contributed by atoms with Gasteiger partial charge in [-0.1, -0.05) is 23.7 Å². The van der Waals surface area contributed by atoms with Gasteiger partial charge < -0.3 is 20.7 Å². The van der Waals surface area contributed by atoms with Crippen LogP contribution in [-0.4, -0.2) is 84.0 Å². The fraction of sp³-hybridized carbons (Fsp3) is 0.444. The highest BCUT2D eigenvalue weighted by Crippen LogP contribution is 2.28. The number of hydrogen-bond acceptors (Lipinski definition) is 7. The lowest BCUT2D eigenvalue weighted by Gasteiger charge is -2.34. The first-order chi connectivity index (χ1) is 17.6. The maximum absolute atomic E-state index is 13.0. The number of ether oxygens (including phenoxy) is 1. The van der Waals surface area contributed by atoms with Crippen molar-refractivity contribution in [2.24, 2.45) is 5.73 Å². The van der Waals surface area contributed by atoms with Crippen molar-refractivity contribution in [3.8, 4) is 0 Å². The van der Waals surface area contributed by atoms with E-state index in [1.54, 1.807) is 38.1 Å². The summed E-state index contributed by atoms with van der Waals surface area (Å²) >= 11 is 7.23. The fourth-order valence-corrected chi connectivity index (χ4v) is 4.92. The Balaban J connectivity index is 1.43. The number of carbonyl (C=O) groups is 3. The van der Waals surface area contributed by atoms with Gasteiger partial charge in [0.05, 0.1) is 12.9 Å². The number of esters is 1. The summed E-state index contributed by atoms with van der Waals surface area (Å²) in [6.45, 7) is 7.57. The van der Waals surface area contributed by atoms with Gasteiger partial charge in [-0.05, 0) is 62.2 Å². The van der Waals surface area contributed by atoms with Gasteiger partial charge in [0, 0.05) is 53.7 Å². The van der Waals surface area contributed by atoms with Gasteiger partial charge in [-0.2, -0.15) is 0 Å². The molecule has 0 saturated carbocycles. The van der Waals surface area contributed by atoms with Crippen LogP contribution in [0.15, 0.2) is 48.5 Å². The summed E-state index contributed by atoms with van der Waals surface area (Å²) < 4.78 is 4.03. The lowest BCUT2D eigenvalue weighted by molar-refractivity contribution is -0.142. The zero-order valence-electron chi connectivity index (χ0n) is 21.5. The van der Waals surface area contributed by atoms with Crippen molar-refractivity contribution in [3.05, 3.63) is 64.7 Å². The molecule has 1 aliphatic rings. The summed E-state index contributed by atoms with van der Waals surface area (Å²) in [5, 5.41) is 3.57. The minimum absolute atomic E-state index is 0.00988. The molecule has 0 aromatic heterocycles. The Morgan fingerprint density at radius 2 is 1.68 bits per heavy atom. The number of anilines is 1. The van der Waals surface area contributed by atoms with Crippen LogP contribution in [0.1, 0.15) is 29.8 Å². The molecule has 3 rings (SSSR count). The molecule has 0 spiro atoms. The zero-order chi connectivity index (χ0) is 27.0. The van der Waals surface area contributed by atoms with E-state index >= 15 is 0 Å². The molecule has 1 aliphatic heterocycles. The number of nitrogens with two attached hydrogens (primary N) is 1. The van der Waals surface area contributed by atoms with E-state index in [0.717, 1.165) is 31.1 Å². The SMILES string of the molecule is COC(=O)C(N)C(C)(C)SCC(=O)Nc1ccc(C(=O)N2CCN(CCc3ccc(Cl)cc3)CC2)cc1. The second-order valence-electron chi connectivity index (χ2n) is 9.53. The Labute approximate surface area is 227 Å². The average molecular weight is 547 g/mol. The van der Waals surface area contributed by atoms with Crippen LogP contribution in [0, 0.1) is 0 Å². The topological polar surface area (TPSA) is 105 Å². The first kappa shape index (κ1) is 29.0. The van der Waals surface area contributed by atoms with Crippen LogP contribution >= 0.6 is 23.4 Å². The minimum Gasteiger partial charge on any atom is -0.468 e. The largest absolute Gasteiger partial charge is 0.468 e. The number of hydrogen-bond donors (Lipinski definition) is 2. The monoisotopic (exact) mass is 546 g/mol. The van der Waals surface area contributed by atoms with Gasteiger partial charge >= 0.3 is 5.97 Å². The normalized spacial score (nSPS) is 15.2. The predicted octanol–water partition coefficient (Wildman–Crippen LogP) is 3.29. The van der Waals surface area contributed by atoms with Gasteiger partial charge in [0.1, 0.15) is 6.04 Å². The van der Waals surface area contributed by atoms with Gasteiger partial charge in [0.25, 0.3) is 5.91 Å². The average Bonchev–Trinajstić information content (AvgIpc) is 2.91. The highest BCUT2D eigenvalue weighted by molar-refractivity contribution is 8.01. The molecule has 1 saturated heterocycles. The van der Waals surface area contributed by atoms with Crippen molar-refractivity contribution < 1.29 is 19.1 Å². The Hall–Kier alpha value is -2.59. The van der Waals surface area contributed by atoms with Crippen LogP contribution < -0.4 is 11.1 Å². The molecule has 10 heteroatoms. The molecule has 0 bridgehead atoms. The van der Waals surface area contributed by atoms with Crippen molar-refractivity contribution in [2.75, 3.05) is 50.9 Å². The number of carbonyl (C=O) groups excluding carboxylic acids is 3. The van der Waals surface area contributed by atoms with Gasteiger partial charge in [-0.25, -0.2) is 0 Å². The second kappa shape index (κ2) is 13.3. The Bertz CT molecular complexity index is 1070. The summed E-state index contributed by atoms with van der Waals surface area (Å²) in [7, 11) is 1.29. The Morgan fingerprint density at radius 3 is 2.27 bits per heavy atom. The van der Waals surface area contributed by atoms with Crippen molar-refractivity contribution in [1.29, 1.82) is 0 Å². The number of rotatable bonds is 10. The smallest absolute Gasteiger partial charge is 0.324 e. The quantitative estimate of drug-likeness (QED) is 0.440. The maximum atomic E-state index is 13.0. The number of thioether (sulfide) groups is 1. The van der Waals surface area contributed by atoms with E-state index in [4.69, 9.17) is 22.1 Å². The van der Waals surface area contributed by atoms with Gasteiger partial charge in [0.15, 0.2) is 0 Å². The third-order valence-corrected chi connectivity index (χ3v) is 8.14. The van der Waals surface area contributed by atoms with Crippen LogP contribution in [-0.2, 0) is 20.7 Å². The molecule has 2 aromatic carbocycles. The van der Waals surface area contributed by atoms with E-state index in [0.29, 0.717) is 24.3 Å². The highest BCUT2D eigenvalue weighted by atomic mass is 35.5. The summed E-state index contributed by atoms with van der Waals surface area (Å²) in [6, 6.07) is 14.0. The number of amides is 2. The molecule has 2 aromatic rings. The molecule has 8 nitrogen and oxygen atoms in total. The first-order valence-corrected chi connectivity index (χ1v) is 13.6. The molecular weight excluding hydrogens is 512 g/mol. The Kier molecular flexibility index (Phi) is 10.4. The molecule has 1 atom stereocenters. The molecule has 1 fully saturated rings. The van der Waals surface area contributed by atoms with Crippen molar-refractivity contribution in [3.63, 3.8) is 0 Å². The molecule has 1 unspecified atom stereocenters. The zero-order valence-corrected chi connectivity index (χ0v) is 23.1. The molecule has 37 heavy (non-hydrogen) atoms. The minimum atomic E-state index is -0.842. The van der Waals surface area contributed by atoms with E-state index in [-0.39, 0.29) is 17.6 Å². The summed E-state index contributed by atoms with van der Waals surface area (Å²) in [6.07, 6.45) is 0.951. The lowest BCUT2D eigenvalue weighted by atomic mass is 10.1. The van der Waals surface area contributed by atoms with Crippen LogP contribution in [0.25, 0.3) is 0 Å². The summed E-state index contributed by atoms with van der Waals surface area (Å²) in [4.78, 5) is 41.3. The molecule has 1 heterocycles. The molecule has 200 valence electrons. The van der Waals surface area contributed by atoms with Crippen LogP contribution in [0.2, 0.25) is 5.02 Å². The lowest BCUT2D eigenvalue weighted by Crippen LogP contribution is -2.49. The number of halogens is 1. The molecular formula is C27H35ClN4O4S. The molecule has 0 radical (unpaired) electrons. The van der Waals surface area contributed by atoms with E-state index in [2.05, 4.69) is 22.3 Å². The molecule has 3 N–H and O–H groups in total. The van der Waals surface area contributed by atoms with E-state index in [1.165, 1.54) is 24.4 Å². The number of benzene rings is 2. The first-order valence-electron chi connectivity index (χ1n) is 12.2. The molecule has 2 amide bonds. The van der Waals surface area contributed by atoms with Gasteiger partial charge in [0.2, 0.25) is 5.91 Å². The summed E-state index contributed by atoms with van der Waals surface area (Å²) in [5.41, 5.74) is 8.38. The number of methoxy groups -OCH3 is 1. The third kappa shape index (κ3) is 8.46. The molecule has 0 aliphatic carbocycles. The third-order valence-electron chi connectivity index (χ3n) is 6.48. The van der Waals surface area contributed by atoms with Gasteiger partial charge in [-0.15, -0.1) is 11.8 Å². The van der Waals surface area contributed by atoms with Crippen LogP contribution in [0.5, 0.6) is 0 Å². The second-order valence-corrected chi connectivity index (χ2v) is 11.6. The Morgan fingerprint density at radius 1 is 1.05 bits per heavy atom. The number of piperazine rings is 1. The summed E-state index contributed by atoms with van der Waals surface area (Å²) in [5.74, 6) is -0.619. The van der Waals surface area contributed by atoms with Crippen molar-refractivity contribution in [1.82, 2.24) is 9.80 Å². The fourth-order valence-electron chi connectivity index (χ4n) is 3.94. The standard InChI is InChI=1S/C27H35ClN4O4S/c1-27(2,24(29)26(35)36-3)37-18-23(33)30-22-10-6-20(7-11-22)25(34)32-16-14-31(15-17-32)13-12-19-4-8-21(28)9-5-19/h4-11,24H,12-18,29H2,1-3H3,(H,30,33). The number of nitrogens with zero attached hydrogens (tertiary/aromatic N) is 2. The van der Waals surface area contributed by atoms with Crippen LogP contribution in [0.4, 0.5) is 5.69 Å². The highest BCUT2D eigenvalue weighted by Gasteiger charge is 2.34. The van der Waals surface area contributed by atoms with E-state index in [9.17, 15) is 14.4 Å². The van der Waals surface area contributed by atoms with Crippen molar-refractivity contribution in [2.45, 2.75) is 31.1 Å². The van der Waals surface area contributed by atoms with E-state index < -0.39 is 16.8 Å². The predicted molar refractivity (Wildman–Crippen MR) is 149 cm³/mol. The number of nitrogens with one attached hydrogen (secondary N) is 1. The van der Waals surface area contributed by atoms with Gasteiger partial charge in [-0.3, -0.25) is 19.3 Å². The van der Waals surface area contributed by atoms with E-state index in [1.807, 2.05) is 17.0 Å².